The third kappa shape index (κ3) is 3.93. The van der Waals surface area contributed by atoms with E-state index >= 15 is 0 Å². The lowest BCUT2D eigenvalue weighted by atomic mass is 10.2. The molecule has 0 aliphatic heterocycles. The van der Waals surface area contributed by atoms with Gasteiger partial charge in [-0.25, -0.2) is 0 Å². The minimum atomic E-state index is -5.74. The van der Waals surface area contributed by atoms with Crippen molar-refractivity contribution in [3.8, 4) is 0 Å². The van der Waals surface area contributed by atoms with Gasteiger partial charge in [-0.3, -0.25) is 8.74 Å². The Labute approximate surface area is 108 Å². The van der Waals surface area contributed by atoms with Crippen LogP contribution in [0.15, 0.2) is 29.2 Å². The lowest BCUT2D eigenvalue weighted by Gasteiger charge is -2.13. The van der Waals surface area contributed by atoms with Gasteiger partial charge in [-0.2, -0.15) is 25.6 Å². The minimum absolute atomic E-state index is 0.399. The van der Waals surface area contributed by atoms with Crippen LogP contribution in [-0.2, 0) is 24.4 Å². The molecule has 0 amide bonds. The second kappa shape index (κ2) is 5.12. The van der Waals surface area contributed by atoms with E-state index in [0.29, 0.717) is 0 Å². The molecule has 0 bridgehead atoms. The van der Waals surface area contributed by atoms with Crippen LogP contribution in [0.2, 0.25) is 0 Å². The van der Waals surface area contributed by atoms with Crippen LogP contribution in [0.3, 0.4) is 0 Å². The number of hydrogen-bond donors (Lipinski definition) is 1. The maximum atomic E-state index is 12.8. The van der Waals surface area contributed by atoms with Gasteiger partial charge in [0, 0.05) is 0 Å². The normalized spacial score (nSPS) is 13.5. The Kier molecular flexibility index (Phi) is 4.30. The Morgan fingerprint density at radius 2 is 1.63 bits per heavy atom. The lowest BCUT2D eigenvalue weighted by Crippen LogP contribution is -2.34. The molecule has 0 spiro atoms. The standard InChI is InChI=1S/C9H10F2O6S2/c1-7-2-4-8(5-3-7)18(12,13)17-6-9(10,11)19(14,15)16/h2-5H,6H2,1H3,(H,14,15,16). The van der Waals surface area contributed by atoms with Gasteiger partial charge in [0.15, 0.2) is 0 Å². The number of aryl methyl sites for hydroxylation is 1. The van der Waals surface area contributed by atoms with Crippen LogP contribution in [0.1, 0.15) is 5.56 Å². The van der Waals surface area contributed by atoms with Crippen LogP contribution in [0, 0.1) is 6.92 Å². The maximum Gasteiger partial charge on any atom is 0.393 e. The number of alkyl halides is 2. The van der Waals surface area contributed by atoms with E-state index in [4.69, 9.17) is 4.55 Å². The van der Waals surface area contributed by atoms with Gasteiger partial charge in [-0.1, -0.05) is 17.7 Å². The molecule has 108 valence electrons. The van der Waals surface area contributed by atoms with E-state index in [0.717, 1.165) is 17.7 Å². The zero-order valence-electron chi connectivity index (χ0n) is 9.58. The van der Waals surface area contributed by atoms with Crippen LogP contribution in [0.4, 0.5) is 8.78 Å². The van der Waals surface area contributed by atoms with Crippen molar-refractivity contribution in [3.63, 3.8) is 0 Å². The number of hydrogen-bond acceptors (Lipinski definition) is 5. The van der Waals surface area contributed by atoms with Gasteiger partial charge in [0.25, 0.3) is 10.1 Å². The topological polar surface area (TPSA) is 97.7 Å². The average Bonchev–Trinajstić information content (AvgIpc) is 2.26. The molecule has 0 radical (unpaired) electrons. The molecule has 19 heavy (non-hydrogen) atoms. The summed E-state index contributed by atoms with van der Waals surface area (Å²) in [6.45, 7) is -0.314. The summed E-state index contributed by atoms with van der Waals surface area (Å²) in [4.78, 5) is -0.399. The van der Waals surface area contributed by atoms with Crippen LogP contribution in [-0.4, -0.2) is 33.2 Å². The van der Waals surface area contributed by atoms with Gasteiger partial charge in [0.1, 0.15) is 6.61 Å². The van der Waals surface area contributed by atoms with Crippen molar-refractivity contribution >= 4 is 20.2 Å². The van der Waals surface area contributed by atoms with Gasteiger partial charge in [-0.15, -0.1) is 0 Å². The predicted octanol–water partition coefficient (Wildman–Crippen LogP) is 1.18. The fourth-order valence-electron chi connectivity index (χ4n) is 0.994. The SMILES string of the molecule is Cc1ccc(S(=O)(=O)OCC(F)(F)S(=O)(=O)O)cc1. The number of benzene rings is 1. The van der Waals surface area contributed by atoms with Crippen molar-refractivity contribution in [1.29, 1.82) is 0 Å². The molecule has 1 aromatic carbocycles. The first kappa shape index (κ1) is 16.0. The van der Waals surface area contributed by atoms with E-state index in [2.05, 4.69) is 4.18 Å². The highest BCUT2D eigenvalue weighted by Gasteiger charge is 2.45. The average molecular weight is 316 g/mol. The molecule has 0 aliphatic rings. The van der Waals surface area contributed by atoms with Crippen molar-refractivity contribution in [2.24, 2.45) is 0 Å². The monoisotopic (exact) mass is 316 g/mol. The summed E-state index contributed by atoms with van der Waals surface area (Å²) in [6, 6.07) is 5.07. The Hall–Kier alpha value is -1.10. The molecule has 0 fully saturated rings. The molecule has 0 atom stereocenters. The van der Waals surface area contributed by atoms with Crippen LogP contribution < -0.4 is 0 Å². The van der Waals surface area contributed by atoms with Crippen molar-refractivity contribution in [1.82, 2.24) is 0 Å². The lowest BCUT2D eigenvalue weighted by molar-refractivity contribution is 0.0312. The summed E-state index contributed by atoms with van der Waals surface area (Å²) in [7, 11) is -10.3. The largest absolute Gasteiger partial charge is 0.393 e. The highest BCUT2D eigenvalue weighted by Crippen LogP contribution is 2.23. The van der Waals surface area contributed by atoms with E-state index in [-0.39, 0.29) is 0 Å². The van der Waals surface area contributed by atoms with Crippen LogP contribution in [0.25, 0.3) is 0 Å². The summed E-state index contributed by atoms with van der Waals surface area (Å²) in [5.41, 5.74) is 0.738. The molecule has 0 heterocycles. The highest BCUT2D eigenvalue weighted by atomic mass is 32.2. The molecular weight excluding hydrogens is 306 g/mol. The maximum absolute atomic E-state index is 12.8. The highest BCUT2D eigenvalue weighted by molar-refractivity contribution is 7.87. The first-order valence-electron chi connectivity index (χ1n) is 4.77. The summed E-state index contributed by atoms with van der Waals surface area (Å²) in [5.74, 6) is 0. The van der Waals surface area contributed by atoms with Crippen LogP contribution in [0.5, 0.6) is 0 Å². The minimum Gasteiger partial charge on any atom is -0.281 e. The quantitative estimate of drug-likeness (QED) is 0.647. The summed E-state index contributed by atoms with van der Waals surface area (Å²) < 4.78 is 81.3. The Bertz CT molecular complexity index is 648. The fourth-order valence-corrected chi connectivity index (χ4v) is 2.18. The zero-order chi connectivity index (χ0) is 14.9. The molecule has 1 rings (SSSR count). The smallest absolute Gasteiger partial charge is 0.281 e. The molecule has 1 aromatic rings. The molecule has 0 aliphatic carbocycles. The number of rotatable bonds is 5. The summed E-state index contributed by atoms with van der Waals surface area (Å²) in [6.07, 6.45) is 0. The van der Waals surface area contributed by atoms with Crippen molar-refractivity contribution in [2.45, 2.75) is 17.1 Å². The van der Waals surface area contributed by atoms with Crippen LogP contribution >= 0.6 is 0 Å². The second-order valence-electron chi connectivity index (χ2n) is 3.64. The van der Waals surface area contributed by atoms with E-state index in [1.54, 1.807) is 6.92 Å². The molecule has 10 heteroatoms. The van der Waals surface area contributed by atoms with Crippen molar-refractivity contribution in [3.05, 3.63) is 29.8 Å². The van der Waals surface area contributed by atoms with Gasteiger partial charge in [-0.05, 0) is 19.1 Å². The third-order valence-electron chi connectivity index (χ3n) is 2.07. The second-order valence-corrected chi connectivity index (χ2v) is 6.80. The van der Waals surface area contributed by atoms with E-state index in [1.165, 1.54) is 12.1 Å². The van der Waals surface area contributed by atoms with Gasteiger partial charge in [0.2, 0.25) is 0 Å². The Morgan fingerprint density at radius 3 is 2.05 bits per heavy atom. The molecule has 0 aromatic heterocycles. The molecule has 0 saturated heterocycles. The van der Waals surface area contributed by atoms with E-state index < -0.39 is 37.0 Å². The summed E-state index contributed by atoms with van der Waals surface area (Å²) >= 11 is 0. The molecule has 0 saturated carbocycles. The van der Waals surface area contributed by atoms with E-state index in [9.17, 15) is 25.6 Å². The predicted molar refractivity (Wildman–Crippen MR) is 60.8 cm³/mol. The molecule has 6 nitrogen and oxygen atoms in total. The number of halogens is 2. The van der Waals surface area contributed by atoms with E-state index in [1.807, 2.05) is 0 Å². The third-order valence-corrected chi connectivity index (χ3v) is 4.22. The molecule has 1 N–H and O–H groups in total. The van der Waals surface area contributed by atoms with Gasteiger partial charge < -0.3 is 0 Å². The zero-order valence-corrected chi connectivity index (χ0v) is 11.2. The van der Waals surface area contributed by atoms with Gasteiger partial charge >= 0.3 is 15.4 Å². The molecular formula is C9H10F2O6S2. The first-order valence-corrected chi connectivity index (χ1v) is 7.61. The van der Waals surface area contributed by atoms with Gasteiger partial charge in [0.05, 0.1) is 4.90 Å². The first-order chi connectivity index (χ1) is 8.46. The molecule has 0 unspecified atom stereocenters. The Morgan fingerprint density at radius 1 is 1.16 bits per heavy atom. The van der Waals surface area contributed by atoms with Crippen molar-refractivity contribution in [2.75, 3.05) is 6.61 Å². The summed E-state index contributed by atoms with van der Waals surface area (Å²) in [5, 5.41) is -4.70. The van der Waals surface area contributed by atoms with Crippen molar-refractivity contribution < 1.29 is 34.4 Å². The Balaban J connectivity index is 2.91. The fraction of sp³-hybridized carbons (Fsp3) is 0.333.